The first-order valence-corrected chi connectivity index (χ1v) is 11.9. The SMILES string of the molecule is COc1cccc(N2C(=O)C(=Cc3ccc4c(c3)CCN4Cc3ccccc3Cl)C(=O)NC2=S)c1. The summed E-state index contributed by atoms with van der Waals surface area (Å²) < 4.78 is 5.26. The van der Waals surface area contributed by atoms with Gasteiger partial charge in [-0.15, -0.1) is 0 Å². The van der Waals surface area contributed by atoms with Crippen molar-refractivity contribution in [2.45, 2.75) is 13.0 Å². The monoisotopic (exact) mass is 503 g/mol. The van der Waals surface area contributed by atoms with Crippen molar-refractivity contribution in [3.05, 3.63) is 94.0 Å². The predicted octanol–water partition coefficient (Wildman–Crippen LogP) is 4.74. The summed E-state index contributed by atoms with van der Waals surface area (Å²) in [7, 11) is 1.55. The molecular weight excluding hydrogens is 482 g/mol. The van der Waals surface area contributed by atoms with Crippen LogP contribution in [0.15, 0.2) is 72.3 Å². The second kappa shape index (κ2) is 9.52. The number of nitrogens with one attached hydrogen (secondary N) is 1. The number of ether oxygens (including phenoxy) is 1. The van der Waals surface area contributed by atoms with Gasteiger partial charge >= 0.3 is 0 Å². The molecule has 6 nitrogen and oxygen atoms in total. The standard InChI is InChI=1S/C27H22ClN3O3S/c1-34-21-7-4-6-20(15-21)31-26(33)22(25(32)29-27(31)35)14-17-9-10-24-18(13-17)11-12-30(24)16-19-5-2-3-8-23(19)28/h2-10,13-15H,11-12,16H2,1H3,(H,29,32,35). The molecule has 2 amide bonds. The molecule has 0 bridgehead atoms. The highest BCUT2D eigenvalue weighted by molar-refractivity contribution is 7.80. The van der Waals surface area contributed by atoms with E-state index in [2.05, 4.69) is 10.2 Å². The summed E-state index contributed by atoms with van der Waals surface area (Å²) in [5, 5.41) is 3.41. The predicted molar refractivity (Wildman–Crippen MR) is 142 cm³/mol. The number of halogens is 1. The number of carbonyl (C=O) groups is 2. The molecule has 0 aromatic heterocycles. The van der Waals surface area contributed by atoms with Crippen molar-refractivity contribution >= 4 is 58.2 Å². The Balaban J connectivity index is 1.42. The largest absolute Gasteiger partial charge is 0.497 e. The van der Waals surface area contributed by atoms with Gasteiger partial charge < -0.3 is 9.64 Å². The second-order valence-electron chi connectivity index (χ2n) is 8.31. The number of hydrogen-bond donors (Lipinski definition) is 1. The molecule has 1 saturated heterocycles. The van der Waals surface area contributed by atoms with Crippen LogP contribution in [-0.2, 0) is 22.6 Å². The molecule has 35 heavy (non-hydrogen) atoms. The number of benzene rings is 3. The lowest BCUT2D eigenvalue weighted by molar-refractivity contribution is -0.122. The Kier molecular flexibility index (Phi) is 6.28. The molecule has 3 aromatic rings. The van der Waals surface area contributed by atoms with Gasteiger partial charge in [0, 0.05) is 29.9 Å². The van der Waals surface area contributed by atoms with Gasteiger partial charge in [0.05, 0.1) is 12.8 Å². The number of amides is 2. The fourth-order valence-electron chi connectivity index (χ4n) is 4.38. The minimum absolute atomic E-state index is 0.0206. The van der Waals surface area contributed by atoms with Crippen LogP contribution in [0.3, 0.4) is 0 Å². The third kappa shape index (κ3) is 4.52. The normalized spacial score (nSPS) is 16.5. The molecule has 1 fully saturated rings. The Morgan fingerprint density at radius 2 is 1.91 bits per heavy atom. The van der Waals surface area contributed by atoms with E-state index in [1.54, 1.807) is 37.5 Å². The van der Waals surface area contributed by atoms with Crippen molar-refractivity contribution in [3.63, 3.8) is 0 Å². The number of anilines is 2. The Morgan fingerprint density at radius 1 is 1.09 bits per heavy atom. The Morgan fingerprint density at radius 3 is 2.71 bits per heavy atom. The van der Waals surface area contributed by atoms with Crippen LogP contribution in [0.1, 0.15) is 16.7 Å². The summed E-state index contributed by atoms with van der Waals surface area (Å²) in [6.07, 6.45) is 2.49. The van der Waals surface area contributed by atoms with E-state index in [-0.39, 0.29) is 10.7 Å². The molecule has 0 atom stereocenters. The van der Waals surface area contributed by atoms with E-state index in [0.29, 0.717) is 11.4 Å². The van der Waals surface area contributed by atoms with E-state index in [0.717, 1.165) is 46.9 Å². The van der Waals surface area contributed by atoms with Crippen LogP contribution in [0, 0.1) is 0 Å². The summed E-state index contributed by atoms with van der Waals surface area (Å²) >= 11 is 11.6. The molecule has 2 aliphatic rings. The summed E-state index contributed by atoms with van der Waals surface area (Å²) in [6, 6.07) is 20.8. The number of nitrogens with zero attached hydrogens (tertiary/aromatic N) is 2. The number of hydrogen-bond acceptors (Lipinski definition) is 5. The van der Waals surface area contributed by atoms with Gasteiger partial charge in [-0.2, -0.15) is 0 Å². The van der Waals surface area contributed by atoms with Gasteiger partial charge in [0.2, 0.25) is 0 Å². The topological polar surface area (TPSA) is 61.9 Å². The van der Waals surface area contributed by atoms with Crippen molar-refractivity contribution < 1.29 is 14.3 Å². The lowest BCUT2D eigenvalue weighted by Gasteiger charge is -2.29. The zero-order chi connectivity index (χ0) is 24.5. The molecule has 8 heteroatoms. The molecule has 0 saturated carbocycles. The highest BCUT2D eigenvalue weighted by atomic mass is 35.5. The summed E-state index contributed by atoms with van der Waals surface area (Å²) in [4.78, 5) is 29.6. The minimum atomic E-state index is -0.514. The Bertz CT molecular complexity index is 1390. The van der Waals surface area contributed by atoms with Crippen LogP contribution in [-0.4, -0.2) is 30.6 Å². The van der Waals surface area contributed by atoms with Gasteiger partial charge in [-0.1, -0.05) is 41.9 Å². The van der Waals surface area contributed by atoms with Gasteiger partial charge in [0.25, 0.3) is 11.8 Å². The maximum absolute atomic E-state index is 13.3. The third-order valence-electron chi connectivity index (χ3n) is 6.14. The van der Waals surface area contributed by atoms with Gasteiger partial charge in [-0.05, 0) is 71.7 Å². The van der Waals surface area contributed by atoms with Crippen LogP contribution in [0.5, 0.6) is 5.75 Å². The Labute approximate surface area is 213 Å². The van der Waals surface area contributed by atoms with Crippen molar-refractivity contribution in [2.75, 3.05) is 23.5 Å². The van der Waals surface area contributed by atoms with E-state index >= 15 is 0 Å². The van der Waals surface area contributed by atoms with Crippen molar-refractivity contribution in [1.29, 1.82) is 0 Å². The fourth-order valence-corrected chi connectivity index (χ4v) is 4.86. The van der Waals surface area contributed by atoms with Gasteiger partial charge in [0.15, 0.2) is 5.11 Å². The first-order valence-electron chi connectivity index (χ1n) is 11.1. The lowest BCUT2D eigenvalue weighted by Crippen LogP contribution is -2.54. The maximum atomic E-state index is 13.3. The van der Waals surface area contributed by atoms with Crippen LogP contribution >= 0.6 is 23.8 Å². The smallest absolute Gasteiger partial charge is 0.270 e. The Hall–Kier alpha value is -3.68. The number of fused-ring (bicyclic) bond motifs is 1. The lowest BCUT2D eigenvalue weighted by atomic mass is 10.0. The van der Waals surface area contributed by atoms with Crippen LogP contribution in [0.25, 0.3) is 6.08 Å². The molecule has 3 aromatic carbocycles. The van der Waals surface area contributed by atoms with E-state index < -0.39 is 11.8 Å². The van der Waals surface area contributed by atoms with Crippen molar-refractivity contribution in [2.24, 2.45) is 0 Å². The first kappa shape index (κ1) is 23.1. The zero-order valence-electron chi connectivity index (χ0n) is 19.0. The van der Waals surface area contributed by atoms with Gasteiger partial charge in [0.1, 0.15) is 11.3 Å². The first-order chi connectivity index (χ1) is 16.9. The van der Waals surface area contributed by atoms with E-state index in [1.807, 2.05) is 42.5 Å². The van der Waals surface area contributed by atoms with Crippen molar-refractivity contribution in [3.8, 4) is 5.75 Å². The number of thiocarbonyl (C=S) groups is 1. The molecule has 0 radical (unpaired) electrons. The van der Waals surface area contributed by atoms with Gasteiger partial charge in [-0.25, -0.2) is 0 Å². The molecule has 2 aliphatic heterocycles. The molecule has 5 rings (SSSR count). The molecule has 2 heterocycles. The quantitative estimate of drug-likeness (QED) is 0.309. The van der Waals surface area contributed by atoms with E-state index in [9.17, 15) is 9.59 Å². The zero-order valence-corrected chi connectivity index (χ0v) is 20.5. The average Bonchev–Trinajstić information content (AvgIpc) is 3.25. The third-order valence-corrected chi connectivity index (χ3v) is 6.79. The summed E-state index contributed by atoms with van der Waals surface area (Å²) in [5.41, 5.74) is 4.69. The van der Waals surface area contributed by atoms with Crippen LogP contribution < -0.4 is 19.9 Å². The molecule has 176 valence electrons. The molecular formula is C27H22ClN3O3S. The summed E-state index contributed by atoms with van der Waals surface area (Å²) in [5.74, 6) is -0.409. The molecule has 0 spiro atoms. The maximum Gasteiger partial charge on any atom is 0.270 e. The minimum Gasteiger partial charge on any atom is -0.497 e. The van der Waals surface area contributed by atoms with E-state index in [1.165, 1.54) is 4.90 Å². The average molecular weight is 504 g/mol. The van der Waals surface area contributed by atoms with E-state index in [4.69, 9.17) is 28.6 Å². The number of methoxy groups -OCH3 is 1. The fraction of sp³-hybridized carbons (Fsp3) is 0.148. The number of carbonyl (C=O) groups excluding carboxylic acids is 2. The van der Waals surface area contributed by atoms with Crippen LogP contribution in [0.2, 0.25) is 5.02 Å². The highest BCUT2D eigenvalue weighted by Gasteiger charge is 2.34. The molecule has 1 N–H and O–H groups in total. The van der Waals surface area contributed by atoms with Crippen LogP contribution in [0.4, 0.5) is 11.4 Å². The highest BCUT2D eigenvalue weighted by Crippen LogP contribution is 2.32. The van der Waals surface area contributed by atoms with Gasteiger partial charge in [-0.3, -0.25) is 19.8 Å². The number of rotatable bonds is 5. The van der Waals surface area contributed by atoms with Crippen molar-refractivity contribution in [1.82, 2.24) is 5.32 Å². The molecule has 0 aliphatic carbocycles. The summed E-state index contributed by atoms with van der Waals surface area (Å²) in [6.45, 7) is 1.60. The molecule has 0 unspecified atom stereocenters. The second-order valence-corrected chi connectivity index (χ2v) is 9.10.